The summed E-state index contributed by atoms with van der Waals surface area (Å²) in [4.78, 5) is 17.9. The molecule has 0 bridgehead atoms. The Balaban J connectivity index is 1.74. The third-order valence-electron chi connectivity index (χ3n) is 3.69. The Morgan fingerprint density at radius 2 is 2.00 bits per heavy atom. The van der Waals surface area contributed by atoms with E-state index in [9.17, 15) is 9.18 Å². The lowest BCUT2D eigenvalue weighted by atomic mass is 10.1. The smallest absolute Gasteiger partial charge is 0.251 e. The van der Waals surface area contributed by atoms with Gasteiger partial charge in [0.25, 0.3) is 5.91 Å². The van der Waals surface area contributed by atoms with Gasteiger partial charge in [-0.2, -0.15) is 0 Å². The molecule has 140 valence electrons. The molecule has 1 heterocycles. The number of amides is 1. The van der Waals surface area contributed by atoms with Gasteiger partial charge in [0.2, 0.25) is 0 Å². The first-order valence-electron chi connectivity index (χ1n) is 8.69. The van der Waals surface area contributed by atoms with Gasteiger partial charge in [0.1, 0.15) is 5.82 Å². The summed E-state index contributed by atoms with van der Waals surface area (Å²) in [5, 5.41) is 11.2. The zero-order valence-corrected chi connectivity index (χ0v) is 16.0. The van der Waals surface area contributed by atoms with Crippen molar-refractivity contribution < 1.29 is 9.18 Å². The Kier molecular flexibility index (Phi) is 8.08. The van der Waals surface area contributed by atoms with Gasteiger partial charge in [0.05, 0.1) is 0 Å². The van der Waals surface area contributed by atoms with E-state index in [1.807, 2.05) is 13.0 Å². The van der Waals surface area contributed by atoms with Crippen molar-refractivity contribution in [2.24, 2.45) is 4.99 Å². The van der Waals surface area contributed by atoms with E-state index in [0.29, 0.717) is 30.8 Å². The molecule has 0 saturated carbocycles. The summed E-state index contributed by atoms with van der Waals surface area (Å²) in [6.07, 6.45) is 0.907. The number of hydrogen-bond donors (Lipinski definition) is 3. The summed E-state index contributed by atoms with van der Waals surface area (Å²) in [5.74, 6) is 0.0631. The molecule has 0 radical (unpaired) electrons. The maximum atomic E-state index is 13.5. The van der Waals surface area contributed by atoms with Gasteiger partial charge in [-0.3, -0.25) is 9.79 Å². The summed E-state index contributed by atoms with van der Waals surface area (Å²) >= 11 is 1.73. The van der Waals surface area contributed by atoms with E-state index in [1.54, 1.807) is 30.4 Å². The fraction of sp³-hybridized carbons (Fsp3) is 0.368. The molecule has 0 spiro atoms. The number of aliphatic imine (C=N–C) groups is 1. The number of benzene rings is 1. The minimum atomic E-state index is -0.372. The molecule has 2 aromatic rings. The van der Waals surface area contributed by atoms with Crippen molar-refractivity contribution >= 4 is 23.2 Å². The molecule has 0 atom stereocenters. The molecule has 26 heavy (non-hydrogen) atoms. The van der Waals surface area contributed by atoms with Crippen LogP contribution in [0.3, 0.4) is 0 Å². The first kappa shape index (κ1) is 19.9. The number of guanidine groups is 1. The standard InChI is InChI=1S/C19H25FN4OS/c1-3-21-19(23-9-8-16-5-4-12-26-16)24-11-10-22-18(25)15-7-6-14(2)17(20)13-15/h4-7,12-13H,3,8-11H2,1-2H3,(H,22,25)(H2,21,23,24). The van der Waals surface area contributed by atoms with Gasteiger partial charge >= 0.3 is 0 Å². The Morgan fingerprint density at radius 3 is 2.69 bits per heavy atom. The molecule has 0 aliphatic rings. The number of nitrogens with zero attached hydrogens (tertiary/aromatic N) is 1. The lowest BCUT2D eigenvalue weighted by molar-refractivity contribution is 0.0954. The molecule has 7 heteroatoms. The van der Waals surface area contributed by atoms with Gasteiger partial charge in [-0.05, 0) is 43.0 Å². The van der Waals surface area contributed by atoms with E-state index in [-0.39, 0.29) is 11.7 Å². The quantitative estimate of drug-likeness (QED) is 0.377. The number of rotatable bonds is 8. The summed E-state index contributed by atoms with van der Waals surface area (Å²) in [6.45, 7) is 6.09. The maximum absolute atomic E-state index is 13.5. The topological polar surface area (TPSA) is 65.5 Å². The molecule has 0 unspecified atom stereocenters. The van der Waals surface area contributed by atoms with Crippen LogP contribution >= 0.6 is 11.3 Å². The minimum Gasteiger partial charge on any atom is -0.357 e. The van der Waals surface area contributed by atoms with Crippen molar-refractivity contribution in [2.45, 2.75) is 20.3 Å². The lowest BCUT2D eigenvalue weighted by Gasteiger charge is -2.12. The van der Waals surface area contributed by atoms with Crippen molar-refractivity contribution in [1.82, 2.24) is 16.0 Å². The first-order chi connectivity index (χ1) is 12.6. The minimum absolute atomic E-state index is 0.287. The highest BCUT2D eigenvalue weighted by Crippen LogP contribution is 2.09. The van der Waals surface area contributed by atoms with Crippen LogP contribution < -0.4 is 16.0 Å². The van der Waals surface area contributed by atoms with E-state index in [1.165, 1.54) is 10.9 Å². The molecule has 3 N–H and O–H groups in total. The highest BCUT2D eigenvalue weighted by molar-refractivity contribution is 7.09. The Bertz CT molecular complexity index is 731. The van der Waals surface area contributed by atoms with E-state index in [4.69, 9.17) is 0 Å². The molecule has 0 aliphatic carbocycles. The molecular formula is C19H25FN4OS. The molecule has 1 aromatic heterocycles. The number of hydrogen-bond acceptors (Lipinski definition) is 3. The van der Waals surface area contributed by atoms with Gasteiger partial charge in [-0.25, -0.2) is 4.39 Å². The predicted octanol–water partition coefficient (Wildman–Crippen LogP) is 2.72. The molecule has 0 aliphatic heterocycles. The van der Waals surface area contributed by atoms with Crippen LogP contribution in [0.2, 0.25) is 0 Å². The molecule has 2 rings (SSSR count). The average molecular weight is 377 g/mol. The van der Waals surface area contributed by atoms with Gasteiger partial charge < -0.3 is 16.0 Å². The molecule has 0 saturated heterocycles. The Hall–Kier alpha value is -2.41. The molecular weight excluding hydrogens is 351 g/mol. The van der Waals surface area contributed by atoms with Crippen molar-refractivity contribution in [1.29, 1.82) is 0 Å². The normalized spacial score (nSPS) is 11.3. The van der Waals surface area contributed by atoms with Crippen LogP contribution in [0.25, 0.3) is 0 Å². The molecule has 1 amide bonds. The van der Waals surface area contributed by atoms with Crippen molar-refractivity contribution in [3.8, 4) is 0 Å². The lowest BCUT2D eigenvalue weighted by Crippen LogP contribution is -2.41. The number of aryl methyl sites for hydroxylation is 1. The van der Waals surface area contributed by atoms with Crippen molar-refractivity contribution in [3.63, 3.8) is 0 Å². The van der Waals surface area contributed by atoms with Crippen LogP contribution in [0.4, 0.5) is 4.39 Å². The van der Waals surface area contributed by atoms with E-state index < -0.39 is 0 Å². The average Bonchev–Trinajstić information content (AvgIpc) is 3.14. The second kappa shape index (κ2) is 10.6. The number of nitrogens with one attached hydrogen (secondary N) is 3. The van der Waals surface area contributed by atoms with E-state index in [2.05, 4.69) is 32.4 Å². The number of halogens is 1. The van der Waals surface area contributed by atoms with Crippen LogP contribution in [0, 0.1) is 12.7 Å². The molecule has 5 nitrogen and oxygen atoms in total. The van der Waals surface area contributed by atoms with Crippen molar-refractivity contribution in [3.05, 3.63) is 57.5 Å². The second-order valence-corrected chi connectivity index (χ2v) is 6.77. The maximum Gasteiger partial charge on any atom is 0.251 e. The van der Waals surface area contributed by atoms with Crippen LogP contribution in [0.5, 0.6) is 0 Å². The monoisotopic (exact) mass is 376 g/mol. The van der Waals surface area contributed by atoms with Gasteiger partial charge in [-0.15, -0.1) is 11.3 Å². The summed E-state index contributed by atoms with van der Waals surface area (Å²) in [5.41, 5.74) is 0.849. The summed E-state index contributed by atoms with van der Waals surface area (Å²) in [6, 6.07) is 8.62. The van der Waals surface area contributed by atoms with Gasteiger partial charge in [0, 0.05) is 43.0 Å². The van der Waals surface area contributed by atoms with E-state index in [0.717, 1.165) is 18.9 Å². The Labute approximate surface area is 157 Å². The fourth-order valence-electron chi connectivity index (χ4n) is 2.27. The number of carbonyl (C=O) groups is 1. The predicted molar refractivity (Wildman–Crippen MR) is 105 cm³/mol. The zero-order chi connectivity index (χ0) is 18.8. The van der Waals surface area contributed by atoms with Crippen LogP contribution in [0.15, 0.2) is 40.7 Å². The van der Waals surface area contributed by atoms with Gasteiger partial charge in [0.15, 0.2) is 5.96 Å². The molecule has 0 fully saturated rings. The Morgan fingerprint density at radius 1 is 1.19 bits per heavy atom. The highest BCUT2D eigenvalue weighted by atomic mass is 32.1. The van der Waals surface area contributed by atoms with Crippen LogP contribution in [-0.4, -0.2) is 38.0 Å². The summed E-state index contributed by atoms with van der Waals surface area (Å²) < 4.78 is 13.5. The SMILES string of the molecule is CCNC(=NCCc1cccs1)NCCNC(=O)c1ccc(C)c(F)c1. The highest BCUT2D eigenvalue weighted by Gasteiger charge is 2.07. The van der Waals surface area contributed by atoms with Crippen LogP contribution in [-0.2, 0) is 6.42 Å². The number of carbonyl (C=O) groups excluding carboxylic acids is 1. The third-order valence-corrected chi connectivity index (χ3v) is 4.63. The largest absolute Gasteiger partial charge is 0.357 e. The second-order valence-electron chi connectivity index (χ2n) is 5.74. The van der Waals surface area contributed by atoms with Crippen molar-refractivity contribution in [2.75, 3.05) is 26.2 Å². The molecule has 1 aromatic carbocycles. The van der Waals surface area contributed by atoms with E-state index >= 15 is 0 Å². The van der Waals surface area contributed by atoms with Crippen LogP contribution in [0.1, 0.15) is 27.7 Å². The zero-order valence-electron chi connectivity index (χ0n) is 15.1. The fourth-order valence-corrected chi connectivity index (χ4v) is 2.97. The van der Waals surface area contributed by atoms with Gasteiger partial charge in [-0.1, -0.05) is 12.1 Å². The number of thiophene rings is 1. The summed E-state index contributed by atoms with van der Waals surface area (Å²) in [7, 11) is 0. The third kappa shape index (κ3) is 6.48. The first-order valence-corrected chi connectivity index (χ1v) is 9.57.